The van der Waals surface area contributed by atoms with Gasteiger partial charge in [-0.15, -0.1) is 0 Å². The Hall–Kier alpha value is -1.64. The van der Waals surface area contributed by atoms with Crippen molar-refractivity contribution in [2.75, 3.05) is 0 Å². The summed E-state index contributed by atoms with van der Waals surface area (Å²) in [5, 5.41) is 8.38. The van der Waals surface area contributed by atoms with E-state index in [0.717, 1.165) is 11.6 Å². The molecule has 0 fully saturated rings. The Bertz CT molecular complexity index is 411. The maximum absolute atomic E-state index is 12.8. The summed E-state index contributed by atoms with van der Waals surface area (Å²) in [5.41, 5.74) is 1.71. The molecule has 0 heterocycles. The average Bonchev–Trinajstić information content (AvgIpc) is 2.17. The Kier molecular flexibility index (Phi) is 3.48. The van der Waals surface area contributed by atoms with Gasteiger partial charge < -0.3 is 5.11 Å². The third kappa shape index (κ3) is 3.19. The summed E-state index contributed by atoms with van der Waals surface area (Å²) in [6.45, 7) is 6.24. The number of benzene rings is 1. The van der Waals surface area contributed by atoms with Gasteiger partial charge in [-0.2, -0.15) is 4.39 Å². The van der Waals surface area contributed by atoms with Crippen molar-refractivity contribution in [2.45, 2.75) is 26.2 Å². The summed E-state index contributed by atoms with van der Waals surface area (Å²) in [5.74, 6) is -2.69. The van der Waals surface area contributed by atoms with Crippen molar-refractivity contribution in [1.29, 1.82) is 0 Å². The fourth-order valence-electron chi connectivity index (χ4n) is 1.29. The smallest absolute Gasteiger partial charge is 0.364 e. The van der Waals surface area contributed by atoms with Crippen LogP contribution in [0.1, 0.15) is 31.9 Å². The van der Waals surface area contributed by atoms with E-state index in [1.807, 2.05) is 12.1 Å². The molecule has 0 aliphatic carbocycles. The first-order valence-electron chi connectivity index (χ1n) is 5.02. The topological polar surface area (TPSA) is 37.3 Å². The van der Waals surface area contributed by atoms with Crippen LogP contribution in [0.25, 0.3) is 6.08 Å². The lowest BCUT2D eigenvalue weighted by Crippen LogP contribution is -2.10. The number of rotatable bonds is 2. The molecule has 1 aromatic carbocycles. The normalized spacial score (nSPS) is 12.6. The lowest BCUT2D eigenvalue weighted by atomic mass is 9.87. The highest BCUT2D eigenvalue weighted by Crippen LogP contribution is 2.22. The van der Waals surface area contributed by atoms with Crippen LogP contribution in [0.5, 0.6) is 0 Å². The van der Waals surface area contributed by atoms with Crippen LogP contribution < -0.4 is 0 Å². The molecule has 0 bridgehead atoms. The maximum atomic E-state index is 12.8. The molecule has 0 aromatic heterocycles. The van der Waals surface area contributed by atoms with E-state index < -0.39 is 11.8 Å². The van der Waals surface area contributed by atoms with Crippen molar-refractivity contribution in [2.24, 2.45) is 0 Å². The molecule has 3 heteroatoms. The summed E-state index contributed by atoms with van der Waals surface area (Å²) in [4.78, 5) is 10.3. The predicted molar refractivity (Wildman–Crippen MR) is 61.9 cm³/mol. The van der Waals surface area contributed by atoms with Gasteiger partial charge in [0.25, 0.3) is 0 Å². The second-order valence-corrected chi connectivity index (χ2v) is 4.67. The van der Waals surface area contributed by atoms with Crippen LogP contribution in [0.15, 0.2) is 30.1 Å². The van der Waals surface area contributed by atoms with E-state index in [4.69, 9.17) is 5.11 Å². The summed E-state index contributed by atoms with van der Waals surface area (Å²) >= 11 is 0. The van der Waals surface area contributed by atoms with Crippen LogP contribution in [0.2, 0.25) is 0 Å². The lowest BCUT2D eigenvalue weighted by Gasteiger charge is -2.18. The highest BCUT2D eigenvalue weighted by Gasteiger charge is 2.12. The highest BCUT2D eigenvalue weighted by atomic mass is 19.1. The summed E-state index contributed by atoms with van der Waals surface area (Å²) in [6.07, 6.45) is 1.01. The van der Waals surface area contributed by atoms with E-state index in [2.05, 4.69) is 20.8 Å². The Labute approximate surface area is 94.4 Å². The molecule has 0 aliphatic heterocycles. The van der Waals surface area contributed by atoms with Gasteiger partial charge in [0.15, 0.2) is 0 Å². The molecule has 0 spiro atoms. The SMILES string of the molecule is CC(C)(C)c1ccc(/C=C(\F)C(=O)O)cc1. The van der Waals surface area contributed by atoms with E-state index in [1.54, 1.807) is 12.1 Å². The fraction of sp³-hybridized carbons (Fsp3) is 0.308. The highest BCUT2D eigenvalue weighted by molar-refractivity contribution is 5.89. The van der Waals surface area contributed by atoms with E-state index in [1.165, 1.54) is 0 Å². The second-order valence-electron chi connectivity index (χ2n) is 4.67. The van der Waals surface area contributed by atoms with E-state index in [0.29, 0.717) is 5.56 Å². The van der Waals surface area contributed by atoms with Gasteiger partial charge in [0.2, 0.25) is 5.83 Å². The molecular formula is C13H15FO2. The number of halogens is 1. The molecule has 0 saturated heterocycles. The first kappa shape index (κ1) is 12.4. The van der Waals surface area contributed by atoms with E-state index >= 15 is 0 Å². The van der Waals surface area contributed by atoms with Crippen LogP contribution in [0.4, 0.5) is 4.39 Å². The van der Waals surface area contributed by atoms with Crippen LogP contribution in [-0.4, -0.2) is 11.1 Å². The molecule has 16 heavy (non-hydrogen) atoms. The molecular weight excluding hydrogens is 207 g/mol. The molecule has 0 aliphatic rings. The first-order chi connectivity index (χ1) is 7.30. The number of aliphatic carboxylic acids is 1. The van der Waals surface area contributed by atoms with Gasteiger partial charge >= 0.3 is 5.97 Å². The van der Waals surface area contributed by atoms with Crippen molar-refractivity contribution < 1.29 is 14.3 Å². The van der Waals surface area contributed by atoms with E-state index in [9.17, 15) is 9.18 Å². The molecule has 1 rings (SSSR count). The Balaban J connectivity index is 2.97. The number of carboxylic acid groups (broad SMARTS) is 1. The zero-order valence-electron chi connectivity index (χ0n) is 9.62. The molecule has 1 aromatic rings. The number of hydrogen-bond acceptors (Lipinski definition) is 1. The van der Waals surface area contributed by atoms with Crippen LogP contribution in [-0.2, 0) is 10.2 Å². The number of carboxylic acids is 1. The molecule has 0 saturated carbocycles. The van der Waals surface area contributed by atoms with Gasteiger partial charge in [0.1, 0.15) is 0 Å². The van der Waals surface area contributed by atoms with Crippen LogP contribution in [0, 0.1) is 0 Å². The van der Waals surface area contributed by atoms with Crippen LogP contribution in [0.3, 0.4) is 0 Å². The van der Waals surface area contributed by atoms with Crippen molar-refractivity contribution in [3.63, 3.8) is 0 Å². The first-order valence-corrected chi connectivity index (χ1v) is 5.02. The fourth-order valence-corrected chi connectivity index (χ4v) is 1.29. The molecule has 86 valence electrons. The van der Waals surface area contributed by atoms with Crippen LogP contribution >= 0.6 is 0 Å². The molecule has 0 unspecified atom stereocenters. The van der Waals surface area contributed by atoms with Gasteiger partial charge in [0.05, 0.1) is 0 Å². The molecule has 0 radical (unpaired) electrons. The summed E-state index contributed by atoms with van der Waals surface area (Å²) < 4.78 is 12.8. The van der Waals surface area contributed by atoms with Gasteiger partial charge in [-0.05, 0) is 22.6 Å². The molecule has 0 amide bonds. The Morgan fingerprint density at radius 1 is 1.25 bits per heavy atom. The Morgan fingerprint density at radius 2 is 1.75 bits per heavy atom. The lowest BCUT2D eigenvalue weighted by molar-refractivity contribution is -0.134. The van der Waals surface area contributed by atoms with Crippen molar-refractivity contribution in [3.8, 4) is 0 Å². The van der Waals surface area contributed by atoms with Crippen molar-refractivity contribution in [3.05, 3.63) is 41.2 Å². The molecule has 0 atom stereocenters. The minimum atomic E-state index is -1.54. The maximum Gasteiger partial charge on any atom is 0.364 e. The number of hydrogen-bond donors (Lipinski definition) is 1. The van der Waals surface area contributed by atoms with Crippen molar-refractivity contribution in [1.82, 2.24) is 0 Å². The van der Waals surface area contributed by atoms with Gasteiger partial charge in [0, 0.05) is 0 Å². The minimum Gasteiger partial charge on any atom is -0.476 e. The third-order valence-corrected chi connectivity index (χ3v) is 2.27. The summed E-state index contributed by atoms with van der Waals surface area (Å²) in [6, 6.07) is 7.17. The van der Waals surface area contributed by atoms with Crippen molar-refractivity contribution >= 4 is 12.0 Å². The van der Waals surface area contributed by atoms with E-state index in [-0.39, 0.29) is 5.41 Å². The summed E-state index contributed by atoms with van der Waals surface area (Å²) in [7, 11) is 0. The molecule has 2 nitrogen and oxygen atoms in total. The standard InChI is InChI=1S/C13H15FO2/c1-13(2,3)10-6-4-9(5-7-10)8-11(14)12(15)16/h4-8H,1-3H3,(H,15,16)/b11-8-. The zero-order chi connectivity index (χ0) is 12.3. The van der Waals surface area contributed by atoms with Gasteiger partial charge in [-0.3, -0.25) is 0 Å². The number of carbonyl (C=O) groups is 1. The van der Waals surface area contributed by atoms with Gasteiger partial charge in [-0.25, -0.2) is 4.79 Å². The predicted octanol–water partition coefficient (Wildman–Crippen LogP) is 3.38. The Morgan fingerprint density at radius 3 is 2.12 bits per heavy atom. The monoisotopic (exact) mass is 222 g/mol. The largest absolute Gasteiger partial charge is 0.476 e. The zero-order valence-corrected chi connectivity index (χ0v) is 9.62. The molecule has 1 N–H and O–H groups in total. The second kappa shape index (κ2) is 4.47. The minimum absolute atomic E-state index is 0.0353. The van der Waals surface area contributed by atoms with Gasteiger partial charge in [-0.1, -0.05) is 45.0 Å². The average molecular weight is 222 g/mol. The quantitative estimate of drug-likeness (QED) is 0.779. The third-order valence-electron chi connectivity index (χ3n) is 2.27.